The van der Waals surface area contributed by atoms with E-state index in [1.54, 1.807) is 0 Å². The number of carbonyl (C=O) groups is 1. The summed E-state index contributed by atoms with van der Waals surface area (Å²) >= 11 is 0. The van der Waals surface area contributed by atoms with E-state index in [1.165, 1.54) is 0 Å². The molecule has 0 saturated heterocycles. The molecule has 0 amide bonds. The zero-order valence-corrected chi connectivity index (χ0v) is 13.4. The summed E-state index contributed by atoms with van der Waals surface area (Å²) in [7, 11) is 4.03. The van der Waals surface area contributed by atoms with Crippen molar-refractivity contribution in [2.75, 3.05) is 20.7 Å². The van der Waals surface area contributed by atoms with Gasteiger partial charge in [-0.25, -0.2) is 0 Å². The van der Waals surface area contributed by atoms with Gasteiger partial charge in [-0.1, -0.05) is 12.1 Å². The van der Waals surface area contributed by atoms with Gasteiger partial charge < -0.3 is 14.2 Å². The average molecular weight is 282 g/mol. The average Bonchev–Trinajstić information content (AvgIpc) is 2.75. The van der Waals surface area contributed by atoms with Crippen LogP contribution in [-0.2, 0) is 0 Å². The molecule has 5 nitrogen and oxygen atoms in total. The van der Waals surface area contributed by atoms with Gasteiger partial charge >= 0.3 is 5.95 Å². The van der Waals surface area contributed by atoms with E-state index in [0.717, 1.165) is 12.8 Å². The van der Waals surface area contributed by atoms with E-state index >= 15 is 0 Å². The molecule has 0 aromatic carbocycles. The van der Waals surface area contributed by atoms with Crippen molar-refractivity contribution in [3.8, 4) is 5.95 Å². The Labute approximate surface area is 121 Å². The maximum atomic E-state index is 12.2. The number of aromatic nitrogens is 1. The van der Waals surface area contributed by atoms with Gasteiger partial charge in [-0.2, -0.15) is 0 Å². The lowest BCUT2D eigenvalue weighted by atomic mass is 9.94. The van der Waals surface area contributed by atoms with Crippen molar-refractivity contribution in [1.82, 2.24) is 10.1 Å². The van der Waals surface area contributed by atoms with Gasteiger partial charge in [0.2, 0.25) is 0 Å². The number of rotatable bonds is 8. The van der Waals surface area contributed by atoms with Crippen molar-refractivity contribution in [2.45, 2.75) is 52.5 Å². The highest BCUT2D eigenvalue weighted by Gasteiger charge is 2.25. The monoisotopic (exact) mass is 282 g/mol. The number of hydrogen-bond acceptors (Lipinski definition) is 5. The number of ether oxygens (including phenoxy) is 1. The molecule has 0 aliphatic carbocycles. The predicted octanol–water partition coefficient (Wildman–Crippen LogP) is 3.07. The highest BCUT2D eigenvalue weighted by atomic mass is 16.6. The van der Waals surface area contributed by atoms with Crippen molar-refractivity contribution in [3.05, 3.63) is 11.3 Å². The second-order valence-electron chi connectivity index (χ2n) is 5.92. The van der Waals surface area contributed by atoms with E-state index in [4.69, 9.17) is 9.26 Å². The zero-order valence-electron chi connectivity index (χ0n) is 13.4. The maximum Gasteiger partial charge on any atom is 0.314 e. The van der Waals surface area contributed by atoms with Crippen molar-refractivity contribution < 1.29 is 14.1 Å². The Morgan fingerprint density at radius 1 is 1.40 bits per heavy atom. The quantitative estimate of drug-likeness (QED) is 0.686. The first kappa shape index (κ1) is 16.7. The number of Topliss-reactive ketones (excluding diaryl/α,β-unsaturated/α-hetero) is 1. The fourth-order valence-electron chi connectivity index (χ4n) is 1.67. The molecule has 5 heteroatoms. The van der Waals surface area contributed by atoms with Gasteiger partial charge in [-0.3, -0.25) is 4.79 Å². The molecule has 0 spiro atoms. The molecule has 0 radical (unpaired) electrons. The van der Waals surface area contributed by atoms with Gasteiger partial charge in [0.15, 0.2) is 11.5 Å². The Morgan fingerprint density at radius 3 is 2.60 bits per heavy atom. The summed E-state index contributed by atoms with van der Waals surface area (Å²) in [6.07, 6.45) is 2.11. The predicted molar refractivity (Wildman–Crippen MR) is 78.4 cm³/mol. The van der Waals surface area contributed by atoms with Crippen molar-refractivity contribution in [3.63, 3.8) is 0 Å². The second kappa shape index (κ2) is 6.88. The molecule has 1 rings (SSSR count). The molecule has 0 aliphatic heterocycles. The summed E-state index contributed by atoms with van der Waals surface area (Å²) in [6, 6.07) is 0. The minimum atomic E-state index is -0.0190. The molecule has 0 unspecified atom stereocenters. The molecule has 0 saturated carbocycles. The van der Waals surface area contributed by atoms with E-state index in [0.29, 0.717) is 30.2 Å². The normalized spacial score (nSPS) is 11.9. The molecule has 1 heterocycles. The highest BCUT2D eigenvalue weighted by molar-refractivity contribution is 5.95. The third kappa shape index (κ3) is 4.07. The van der Waals surface area contributed by atoms with Gasteiger partial charge in [-0.15, -0.1) is 0 Å². The fraction of sp³-hybridized carbons (Fsp3) is 0.733. The summed E-state index contributed by atoms with van der Waals surface area (Å²) < 4.78 is 10.5. The summed E-state index contributed by atoms with van der Waals surface area (Å²) in [6.45, 7) is 8.63. The van der Waals surface area contributed by atoms with Crippen LogP contribution in [0.1, 0.15) is 56.1 Å². The zero-order chi connectivity index (χ0) is 15.3. The lowest BCUT2D eigenvalue weighted by Gasteiger charge is -2.32. The van der Waals surface area contributed by atoms with Crippen LogP contribution in [0.5, 0.6) is 5.95 Å². The van der Waals surface area contributed by atoms with Crippen molar-refractivity contribution in [2.24, 2.45) is 0 Å². The maximum absolute atomic E-state index is 12.2. The third-order valence-electron chi connectivity index (χ3n) is 3.76. The standard InChI is InChI=1S/C15H26N2O3/c1-7-10-19-14-11(2)13(16-20-14)12(18)8-9-15(3,4)17(5)6/h7-10H2,1-6H3. The van der Waals surface area contributed by atoms with Crippen LogP contribution in [0, 0.1) is 6.92 Å². The molecule has 0 N–H and O–H groups in total. The first-order valence-corrected chi connectivity index (χ1v) is 7.09. The van der Waals surface area contributed by atoms with Gasteiger partial charge in [0, 0.05) is 12.0 Å². The Balaban J connectivity index is 2.67. The van der Waals surface area contributed by atoms with E-state index in [1.807, 2.05) is 27.9 Å². The number of carbonyl (C=O) groups excluding carboxylic acids is 1. The van der Waals surface area contributed by atoms with Crippen LogP contribution in [0.25, 0.3) is 0 Å². The van der Waals surface area contributed by atoms with Gasteiger partial charge in [0.05, 0.1) is 12.2 Å². The summed E-state index contributed by atoms with van der Waals surface area (Å²) in [4.78, 5) is 14.3. The van der Waals surface area contributed by atoms with Crippen LogP contribution >= 0.6 is 0 Å². The smallest absolute Gasteiger partial charge is 0.314 e. The van der Waals surface area contributed by atoms with Crippen molar-refractivity contribution in [1.29, 1.82) is 0 Å². The van der Waals surface area contributed by atoms with Crippen LogP contribution < -0.4 is 4.74 Å². The van der Waals surface area contributed by atoms with Gasteiger partial charge in [0.1, 0.15) is 0 Å². The summed E-state index contributed by atoms with van der Waals surface area (Å²) in [5, 5.41) is 3.85. The van der Waals surface area contributed by atoms with Gasteiger partial charge in [0.25, 0.3) is 0 Å². The van der Waals surface area contributed by atoms with Crippen LogP contribution in [0.2, 0.25) is 0 Å². The largest absolute Gasteiger partial charge is 0.464 e. The minimum absolute atomic E-state index is 0.00697. The first-order chi connectivity index (χ1) is 9.29. The Morgan fingerprint density at radius 2 is 2.05 bits per heavy atom. The van der Waals surface area contributed by atoms with Gasteiger partial charge in [-0.05, 0) is 47.7 Å². The molecular formula is C15H26N2O3. The lowest BCUT2D eigenvalue weighted by Crippen LogP contribution is -2.38. The number of hydrogen-bond donors (Lipinski definition) is 0. The molecule has 0 aliphatic rings. The van der Waals surface area contributed by atoms with E-state index in [9.17, 15) is 4.79 Å². The first-order valence-electron chi connectivity index (χ1n) is 7.09. The van der Waals surface area contributed by atoms with E-state index < -0.39 is 0 Å². The topological polar surface area (TPSA) is 55.6 Å². The lowest BCUT2D eigenvalue weighted by molar-refractivity contribution is 0.0935. The molecule has 1 aromatic rings. The Kier molecular flexibility index (Phi) is 5.74. The van der Waals surface area contributed by atoms with E-state index in [2.05, 4.69) is 23.9 Å². The van der Waals surface area contributed by atoms with Crippen LogP contribution in [0.4, 0.5) is 0 Å². The third-order valence-corrected chi connectivity index (χ3v) is 3.76. The fourth-order valence-corrected chi connectivity index (χ4v) is 1.67. The SMILES string of the molecule is CCCOc1onc(C(=O)CCC(C)(C)N(C)C)c1C. The summed E-state index contributed by atoms with van der Waals surface area (Å²) in [5.74, 6) is 0.370. The van der Waals surface area contributed by atoms with E-state index in [-0.39, 0.29) is 11.3 Å². The van der Waals surface area contributed by atoms with Crippen LogP contribution in [0.15, 0.2) is 4.52 Å². The second-order valence-corrected chi connectivity index (χ2v) is 5.92. The minimum Gasteiger partial charge on any atom is -0.464 e. The highest BCUT2D eigenvalue weighted by Crippen LogP contribution is 2.24. The molecule has 0 bridgehead atoms. The van der Waals surface area contributed by atoms with Crippen LogP contribution in [-0.4, -0.2) is 42.1 Å². The molecular weight excluding hydrogens is 256 g/mol. The summed E-state index contributed by atoms with van der Waals surface area (Å²) in [5.41, 5.74) is 1.08. The molecule has 114 valence electrons. The molecule has 0 atom stereocenters. The Hall–Kier alpha value is -1.36. The molecule has 0 fully saturated rings. The molecule has 20 heavy (non-hydrogen) atoms. The number of nitrogens with zero attached hydrogens (tertiary/aromatic N) is 2. The van der Waals surface area contributed by atoms with Crippen LogP contribution in [0.3, 0.4) is 0 Å². The number of ketones is 1. The van der Waals surface area contributed by atoms with Crippen molar-refractivity contribution >= 4 is 5.78 Å². The molecule has 1 aromatic heterocycles. The Bertz CT molecular complexity index is 450.